The summed E-state index contributed by atoms with van der Waals surface area (Å²) in [6.45, 7) is 0. The Bertz CT molecular complexity index is 832. The second-order valence-electron chi connectivity index (χ2n) is 5.86. The molecule has 1 heterocycles. The van der Waals surface area contributed by atoms with Gasteiger partial charge in [0.25, 0.3) is 0 Å². The number of rotatable bonds is 6. The quantitative estimate of drug-likeness (QED) is 0.450. The van der Waals surface area contributed by atoms with Crippen molar-refractivity contribution < 1.29 is 13.8 Å². The van der Waals surface area contributed by atoms with Gasteiger partial charge in [-0.05, 0) is 48.5 Å². The highest BCUT2D eigenvalue weighted by molar-refractivity contribution is 6.30. The molecule has 1 aromatic heterocycles. The summed E-state index contributed by atoms with van der Waals surface area (Å²) in [4.78, 5) is 12.5. The standard InChI is InChI=1S/C21H18ClFNO/c22-18-8-4-17(5-9-18)21(25)13-12-20(24-14-2-1-3-15-24)16-6-10-19(23)11-7-16/h1-11,14-15,20H,12-13H2/q+1. The maximum atomic E-state index is 13.2. The first kappa shape index (κ1) is 17.3. The molecule has 0 fully saturated rings. The van der Waals surface area contributed by atoms with E-state index in [0.29, 0.717) is 23.4 Å². The topological polar surface area (TPSA) is 20.9 Å². The van der Waals surface area contributed by atoms with Gasteiger partial charge < -0.3 is 0 Å². The minimum absolute atomic E-state index is 0.0296. The van der Waals surface area contributed by atoms with Gasteiger partial charge in [-0.2, -0.15) is 4.57 Å². The van der Waals surface area contributed by atoms with Gasteiger partial charge in [0.05, 0.1) is 0 Å². The number of hydrogen-bond acceptors (Lipinski definition) is 1. The predicted octanol–water partition coefficient (Wildman–Crippen LogP) is 5.02. The molecule has 2 aromatic carbocycles. The van der Waals surface area contributed by atoms with E-state index >= 15 is 0 Å². The highest BCUT2D eigenvalue weighted by Gasteiger charge is 2.22. The third-order valence-corrected chi connectivity index (χ3v) is 4.42. The minimum atomic E-state index is -0.266. The van der Waals surface area contributed by atoms with Crippen LogP contribution in [0.2, 0.25) is 5.02 Å². The number of nitrogens with zero attached hydrogens (tertiary/aromatic N) is 1. The summed E-state index contributed by atoms with van der Waals surface area (Å²) in [6.07, 6.45) is 4.94. The van der Waals surface area contributed by atoms with Gasteiger partial charge in [0.15, 0.2) is 24.2 Å². The number of aromatic nitrogens is 1. The number of hydrogen-bond donors (Lipinski definition) is 0. The Morgan fingerprint density at radius 2 is 1.60 bits per heavy atom. The summed E-state index contributed by atoms with van der Waals surface area (Å²) < 4.78 is 15.3. The molecule has 0 radical (unpaired) electrons. The first-order valence-corrected chi connectivity index (χ1v) is 8.51. The molecular weight excluding hydrogens is 337 g/mol. The van der Waals surface area contributed by atoms with Crippen LogP contribution in [-0.4, -0.2) is 5.78 Å². The first-order valence-electron chi connectivity index (χ1n) is 8.13. The van der Waals surface area contributed by atoms with Crippen LogP contribution in [0, 0.1) is 5.82 Å². The van der Waals surface area contributed by atoms with Crippen molar-refractivity contribution in [1.82, 2.24) is 0 Å². The number of carbonyl (C=O) groups is 1. The summed E-state index contributed by atoms with van der Waals surface area (Å²) >= 11 is 5.87. The fourth-order valence-electron chi connectivity index (χ4n) is 2.84. The highest BCUT2D eigenvalue weighted by atomic mass is 35.5. The Morgan fingerprint density at radius 1 is 0.960 bits per heavy atom. The van der Waals surface area contributed by atoms with Gasteiger partial charge >= 0.3 is 0 Å². The van der Waals surface area contributed by atoms with Gasteiger partial charge in [0, 0.05) is 41.1 Å². The SMILES string of the molecule is O=C(CCC(c1ccc(F)cc1)[n+]1ccccc1)c1ccc(Cl)cc1. The molecule has 25 heavy (non-hydrogen) atoms. The van der Waals surface area contributed by atoms with Gasteiger partial charge in [0.2, 0.25) is 0 Å². The van der Waals surface area contributed by atoms with Crippen LogP contribution >= 0.6 is 11.6 Å². The van der Waals surface area contributed by atoms with Crippen molar-refractivity contribution >= 4 is 17.4 Å². The Morgan fingerprint density at radius 3 is 2.24 bits per heavy atom. The molecule has 3 rings (SSSR count). The van der Waals surface area contributed by atoms with E-state index in [1.165, 1.54) is 12.1 Å². The average molecular weight is 355 g/mol. The minimum Gasteiger partial charge on any atom is -0.294 e. The van der Waals surface area contributed by atoms with E-state index < -0.39 is 0 Å². The number of carbonyl (C=O) groups excluding carboxylic acids is 1. The lowest BCUT2D eigenvalue weighted by atomic mass is 9.98. The second-order valence-corrected chi connectivity index (χ2v) is 6.30. The predicted molar refractivity (Wildman–Crippen MR) is 96.2 cm³/mol. The van der Waals surface area contributed by atoms with Crippen molar-refractivity contribution in [2.75, 3.05) is 0 Å². The lowest BCUT2D eigenvalue weighted by molar-refractivity contribution is -0.714. The van der Waals surface area contributed by atoms with Gasteiger partial charge in [-0.3, -0.25) is 4.79 Å². The number of Topliss-reactive ketones (excluding diaryl/α,β-unsaturated/α-hetero) is 1. The Kier molecular flexibility index (Phi) is 5.56. The average Bonchev–Trinajstić information content (AvgIpc) is 2.64. The Labute approximate surface area is 151 Å². The van der Waals surface area contributed by atoms with Crippen LogP contribution in [-0.2, 0) is 0 Å². The molecule has 2 nitrogen and oxygen atoms in total. The van der Waals surface area contributed by atoms with Gasteiger partial charge in [-0.25, -0.2) is 4.39 Å². The summed E-state index contributed by atoms with van der Waals surface area (Å²) in [6, 6.07) is 19.2. The number of pyridine rings is 1. The third kappa shape index (κ3) is 4.52. The third-order valence-electron chi connectivity index (χ3n) is 4.16. The normalized spacial score (nSPS) is 11.9. The Balaban J connectivity index is 1.79. The lowest BCUT2D eigenvalue weighted by Crippen LogP contribution is -2.39. The molecule has 3 aromatic rings. The van der Waals surface area contributed by atoms with E-state index in [1.807, 2.05) is 35.2 Å². The molecule has 0 bridgehead atoms. The number of ketones is 1. The summed E-state index contributed by atoms with van der Waals surface area (Å²) in [5.74, 6) is -0.196. The molecule has 0 saturated carbocycles. The monoisotopic (exact) mass is 354 g/mol. The van der Waals surface area contributed by atoms with Crippen molar-refractivity contribution in [2.45, 2.75) is 18.9 Å². The molecule has 0 spiro atoms. The lowest BCUT2D eigenvalue weighted by Gasteiger charge is -2.13. The van der Waals surface area contributed by atoms with E-state index in [0.717, 1.165) is 5.56 Å². The molecule has 126 valence electrons. The van der Waals surface area contributed by atoms with Gasteiger partial charge in [-0.1, -0.05) is 17.7 Å². The van der Waals surface area contributed by atoms with Crippen LogP contribution in [0.3, 0.4) is 0 Å². The molecule has 4 heteroatoms. The van der Waals surface area contributed by atoms with E-state index in [-0.39, 0.29) is 17.6 Å². The van der Waals surface area contributed by atoms with Crippen molar-refractivity contribution in [3.05, 3.63) is 101 Å². The van der Waals surface area contributed by atoms with E-state index in [1.54, 1.807) is 36.4 Å². The molecule has 0 aliphatic heterocycles. The van der Waals surface area contributed by atoms with Gasteiger partial charge in [-0.15, -0.1) is 0 Å². The highest BCUT2D eigenvalue weighted by Crippen LogP contribution is 2.20. The van der Waals surface area contributed by atoms with Crippen LogP contribution in [0.4, 0.5) is 4.39 Å². The number of benzene rings is 2. The molecule has 0 aliphatic carbocycles. The fraction of sp³-hybridized carbons (Fsp3) is 0.143. The summed E-state index contributed by atoms with van der Waals surface area (Å²) in [5.41, 5.74) is 1.63. The molecule has 0 saturated heterocycles. The zero-order valence-corrected chi connectivity index (χ0v) is 14.4. The van der Waals surface area contributed by atoms with Crippen LogP contribution in [0.5, 0.6) is 0 Å². The van der Waals surface area contributed by atoms with Crippen molar-refractivity contribution in [2.24, 2.45) is 0 Å². The molecule has 0 N–H and O–H groups in total. The van der Waals surface area contributed by atoms with Gasteiger partial charge in [0.1, 0.15) is 5.82 Å². The van der Waals surface area contributed by atoms with Crippen molar-refractivity contribution in [1.29, 1.82) is 0 Å². The number of halogens is 2. The van der Waals surface area contributed by atoms with Crippen LogP contribution in [0.1, 0.15) is 34.8 Å². The summed E-state index contributed by atoms with van der Waals surface area (Å²) in [5, 5.41) is 0.612. The smallest absolute Gasteiger partial charge is 0.183 e. The maximum Gasteiger partial charge on any atom is 0.183 e. The van der Waals surface area contributed by atoms with Crippen molar-refractivity contribution in [3.63, 3.8) is 0 Å². The van der Waals surface area contributed by atoms with E-state index in [9.17, 15) is 9.18 Å². The van der Waals surface area contributed by atoms with Crippen LogP contribution in [0.15, 0.2) is 79.1 Å². The van der Waals surface area contributed by atoms with Crippen molar-refractivity contribution in [3.8, 4) is 0 Å². The molecule has 0 aliphatic rings. The first-order chi connectivity index (χ1) is 12.1. The Hall–Kier alpha value is -2.52. The zero-order valence-electron chi connectivity index (χ0n) is 13.6. The summed E-state index contributed by atoms with van der Waals surface area (Å²) in [7, 11) is 0. The fourth-order valence-corrected chi connectivity index (χ4v) is 2.97. The van der Waals surface area contributed by atoms with E-state index in [2.05, 4.69) is 0 Å². The van der Waals surface area contributed by atoms with E-state index in [4.69, 9.17) is 11.6 Å². The molecule has 1 unspecified atom stereocenters. The maximum absolute atomic E-state index is 13.2. The van der Waals surface area contributed by atoms with Crippen LogP contribution < -0.4 is 4.57 Å². The largest absolute Gasteiger partial charge is 0.294 e. The molecule has 0 amide bonds. The second kappa shape index (κ2) is 8.04. The molecular formula is C21H18ClFNO+. The molecule has 1 atom stereocenters. The zero-order chi connectivity index (χ0) is 17.6. The van der Waals surface area contributed by atoms with Crippen LogP contribution in [0.25, 0.3) is 0 Å².